The van der Waals surface area contributed by atoms with Crippen LogP contribution in [0.25, 0.3) is 0 Å². The maximum Gasteiger partial charge on any atom is 0.335 e. The van der Waals surface area contributed by atoms with Gasteiger partial charge in [-0.2, -0.15) is 0 Å². The number of sulfone groups is 1. The quantitative estimate of drug-likeness (QED) is 0.882. The lowest BCUT2D eigenvalue weighted by Gasteiger charge is -2.26. The first-order valence-electron chi connectivity index (χ1n) is 5.51. The molecule has 0 bridgehead atoms. The SMILES string of the molecule is COC1CCS(=O)(=O)c2ccc(C(=O)O)c(C)c21. The minimum absolute atomic E-state index is 0.0321. The van der Waals surface area contributed by atoms with Gasteiger partial charge in [-0.15, -0.1) is 0 Å². The summed E-state index contributed by atoms with van der Waals surface area (Å²) >= 11 is 0. The highest BCUT2D eigenvalue weighted by Crippen LogP contribution is 2.37. The standard InChI is InChI=1S/C12H14O5S/c1-7-8(12(13)14)3-4-10-11(7)9(17-2)5-6-18(10,15)16/h3-4,9H,5-6H2,1-2H3,(H,13,14). The van der Waals surface area contributed by atoms with Gasteiger partial charge in [0.25, 0.3) is 0 Å². The Labute approximate surface area is 105 Å². The third kappa shape index (κ3) is 1.91. The molecular weight excluding hydrogens is 256 g/mol. The maximum atomic E-state index is 12.0. The van der Waals surface area contributed by atoms with Crippen molar-refractivity contribution in [3.8, 4) is 0 Å². The zero-order valence-corrected chi connectivity index (χ0v) is 11.0. The fourth-order valence-electron chi connectivity index (χ4n) is 2.36. The van der Waals surface area contributed by atoms with Gasteiger partial charge in [-0.25, -0.2) is 13.2 Å². The van der Waals surface area contributed by atoms with Crippen molar-refractivity contribution in [1.29, 1.82) is 0 Å². The van der Waals surface area contributed by atoms with Gasteiger partial charge in [-0.1, -0.05) is 0 Å². The lowest BCUT2D eigenvalue weighted by Crippen LogP contribution is -2.23. The summed E-state index contributed by atoms with van der Waals surface area (Å²) in [5.74, 6) is -1.03. The number of rotatable bonds is 2. The van der Waals surface area contributed by atoms with Crippen molar-refractivity contribution in [3.05, 3.63) is 28.8 Å². The largest absolute Gasteiger partial charge is 0.478 e. The van der Waals surface area contributed by atoms with Crippen molar-refractivity contribution in [2.24, 2.45) is 0 Å². The summed E-state index contributed by atoms with van der Waals surface area (Å²) in [7, 11) is -1.82. The van der Waals surface area contributed by atoms with Crippen LogP contribution in [0.15, 0.2) is 17.0 Å². The number of benzene rings is 1. The molecule has 1 aromatic carbocycles. The molecule has 6 heteroatoms. The van der Waals surface area contributed by atoms with Gasteiger partial charge in [0.2, 0.25) is 0 Å². The number of carboxylic acid groups (broad SMARTS) is 1. The fourth-order valence-corrected chi connectivity index (χ4v) is 4.00. The van der Waals surface area contributed by atoms with E-state index in [1.165, 1.54) is 19.2 Å². The van der Waals surface area contributed by atoms with E-state index in [1.54, 1.807) is 6.92 Å². The molecule has 0 amide bonds. The number of fused-ring (bicyclic) bond motifs is 1. The van der Waals surface area contributed by atoms with Gasteiger partial charge < -0.3 is 9.84 Å². The van der Waals surface area contributed by atoms with Crippen LogP contribution in [0.3, 0.4) is 0 Å². The molecule has 0 radical (unpaired) electrons. The summed E-state index contributed by atoms with van der Waals surface area (Å²) in [6, 6.07) is 2.71. The van der Waals surface area contributed by atoms with Crippen LogP contribution in [-0.4, -0.2) is 32.4 Å². The average Bonchev–Trinajstić information content (AvgIpc) is 2.29. The minimum atomic E-state index is -3.32. The molecule has 1 aliphatic rings. The van der Waals surface area contributed by atoms with Crippen LogP contribution < -0.4 is 0 Å². The van der Waals surface area contributed by atoms with E-state index in [4.69, 9.17) is 9.84 Å². The number of methoxy groups -OCH3 is 1. The predicted molar refractivity (Wildman–Crippen MR) is 64.6 cm³/mol. The molecule has 0 aliphatic carbocycles. The second-order valence-corrected chi connectivity index (χ2v) is 6.36. The highest BCUT2D eigenvalue weighted by atomic mass is 32.2. The molecule has 5 nitrogen and oxygen atoms in total. The van der Waals surface area contributed by atoms with E-state index >= 15 is 0 Å². The van der Waals surface area contributed by atoms with Gasteiger partial charge in [-0.05, 0) is 31.0 Å². The van der Waals surface area contributed by atoms with E-state index in [0.29, 0.717) is 17.5 Å². The summed E-state index contributed by atoms with van der Waals surface area (Å²) in [5, 5.41) is 9.07. The molecular formula is C12H14O5S. The van der Waals surface area contributed by atoms with Crippen LogP contribution in [0.1, 0.15) is 34.0 Å². The maximum absolute atomic E-state index is 12.0. The van der Waals surface area contributed by atoms with Crippen LogP contribution in [-0.2, 0) is 14.6 Å². The molecule has 18 heavy (non-hydrogen) atoms. The molecule has 0 spiro atoms. The third-order valence-corrected chi connectivity index (χ3v) is 5.09. The molecule has 1 unspecified atom stereocenters. The summed E-state index contributed by atoms with van der Waals surface area (Å²) in [6.07, 6.45) is -0.00160. The molecule has 0 saturated heterocycles. The summed E-state index contributed by atoms with van der Waals surface area (Å²) < 4.78 is 29.2. The molecule has 0 fully saturated rings. The van der Waals surface area contributed by atoms with Crippen molar-refractivity contribution in [2.45, 2.75) is 24.3 Å². The number of carboxylic acids is 1. The Morgan fingerprint density at radius 3 is 2.67 bits per heavy atom. The average molecular weight is 270 g/mol. The number of carbonyl (C=O) groups is 1. The van der Waals surface area contributed by atoms with Crippen molar-refractivity contribution in [1.82, 2.24) is 0 Å². The highest BCUT2D eigenvalue weighted by molar-refractivity contribution is 7.91. The predicted octanol–water partition coefficient (Wildman–Crippen LogP) is 1.56. The second-order valence-electron chi connectivity index (χ2n) is 4.29. The van der Waals surface area contributed by atoms with Gasteiger partial charge in [0.1, 0.15) is 0 Å². The molecule has 98 valence electrons. The van der Waals surface area contributed by atoms with Gasteiger partial charge >= 0.3 is 5.97 Å². The van der Waals surface area contributed by atoms with Gasteiger partial charge in [0, 0.05) is 12.7 Å². The third-order valence-electron chi connectivity index (χ3n) is 3.30. The highest BCUT2D eigenvalue weighted by Gasteiger charge is 2.33. The van der Waals surface area contributed by atoms with Gasteiger partial charge in [-0.3, -0.25) is 0 Å². The van der Waals surface area contributed by atoms with Gasteiger partial charge in [0.05, 0.1) is 22.3 Å². The molecule has 1 atom stereocenters. The Kier molecular flexibility index (Phi) is 3.16. The first-order valence-corrected chi connectivity index (χ1v) is 7.16. The number of hydrogen-bond donors (Lipinski definition) is 1. The zero-order chi connectivity index (χ0) is 13.5. The van der Waals surface area contributed by atoms with E-state index in [-0.39, 0.29) is 22.3 Å². The Morgan fingerprint density at radius 2 is 2.11 bits per heavy atom. The summed E-state index contributed by atoms with van der Waals surface area (Å²) in [4.78, 5) is 11.3. The van der Waals surface area contributed by atoms with Crippen LogP contribution in [0.2, 0.25) is 0 Å². The van der Waals surface area contributed by atoms with Crippen LogP contribution in [0.5, 0.6) is 0 Å². The fraction of sp³-hybridized carbons (Fsp3) is 0.417. The van der Waals surface area contributed by atoms with Crippen molar-refractivity contribution in [2.75, 3.05) is 12.9 Å². The van der Waals surface area contributed by atoms with Crippen LogP contribution in [0.4, 0.5) is 0 Å². The molecule has 1 heterocycles. The normalized spacial score (nSPS) is 21.3. The number of aromatic carboxylic acids is 1. The molecule has 2 rings (SSSR count). The number of ether oxygens (including phenoxy) is 1. The van der Waals surface area contributed by atoms with E-state index in [1.807, 2.05) is 0 Å². The van der Waals surface area contributed by atoms with Gasteiger partial charge in [0.15, 0.2) is 9.84 Å². The smallest absolute Gasteiger partial charge is 0.335 e. The first kappa shape index (κ1) is 13.0. The van der Waals surface area contributed by atoms with Crippen LogP contribution >= 0.6 is 0 Å². The molecule has 1 N–H and O–H groups in total. The monoisotopic (exact) mass is 270 g/mol. The topological polar surface area (TPSA) is 80.7 Å². The Bertz CT molecular complexity index is 603. The van der Waals surface area contributed by atoms with Crippen LogP contribution in [0, 0.1) is 6.92 Å². The minimum Gasteiger partial charge on any atom is -0.478 e. The molecule has 0 saturated carbocycles. The molecule has 1 aliphatic heterocycles. The lowest BCUT2D eigenvalue weighted by molar-refractivity contribution is 0.0693. The first-order chi connectivity index (χ1) is 8.38. The summed E-state index contributed by atoms with van der Waals surface area (Å²) in [6.45, 7) is 1.62. The second kappa shape index (κ2) is 4.37. The summed E-state index contributed by atoms with van der Waals surface area (Å²) in [5.41, 5.74) is 1.08. The Morgan fingerprint density at radius 1 is 1.44 bits per heavy atom. The molecule has 0 aromatic heterocycles. The Hall–Kier alpha value is -1.40. The van der Waals surface area contributed by atoms with E-state index in [2.05, 4.69) is 0 Å². The van der Waals surface area contributed by atoms with Crippen molar-refractivity contribution >= 4 is 15.8 Å². The Balaban J connectivity index is 2.76. The zero-order valence-electron chi connectivity index (χ0n) is 10.1. The number of hydrogen-bond acceptors (Lipinski definition) is 4. The van der Waals surface area contributed by atoms with E-state index in [0.717, 1.165) is 0 Å². The van der Waals surface area contributed by atoms with E-state index < -0.39 is 15.8 Å². The van der Waals surface area contributed by atoms with Crippen molar-refractivity contribution in [3.63, 3.8) is 0 Å². The van der Waals surface area contributed by atoms with E-state index in [9.17, 15) is 13.2 Å². The molecule has 1 aromatic rings. The lowest BCUT2D eigenvalue weighted by atomic mass is 9.96. The van der Waals surface area contributed by atoms with Crippen molar-refractivity contribution < 1.29 is 23.1 Å².